The monoisotopic (exact) mass is 388 g/mol. The average Bonchev–Trinajstić information content (AvgIpc) is 3.06. The van der Waals surface area contributed by atoms with Gasteiger partial charge in [-0.2, -0.15) is 0 Å². The molecule has 1 atom stereocenters. The highest BCUT2D eigenvalue weighted by Crippen LogP contribution is 2.19. The molecule has 0 saturated heterocycles. The maximum absolute atomic E-state index is 13.1. The third kappa shape index (κ3) is 4.71. The van der Waals surface area contributed by atoms with Crippen LogP contribution in [-0.4, -0.2) is 23.0 Å². The van der Waals surface area contributed by atoms with Crippen LogP contribution in [0.1, 0.15) is 12.8 Å². The lowest BCUT2D eigenvalue weighted by Crippen LogP contribution is -2.29. The second-order valence-electron chi connectivity index (χ2n) is 5.55. The van der Waals surface area contributed by atoms with Crippen LogP contribution in [0.15, 0.2) is 53.0 Å². The Balaban J connectivity index is 1.57. The van der Waals surface area contributed by atoms with Gasteiger partial charge in [0.05, 0.1) is 5.02 Å². The molecule has 1 amide bonds. The molecule has 27 heavy (non-hydrogen) atoms. The summed E-state index contributed by atoms with van der Waals surface area (Å²) in [4.78, 5) is 28.1. The van der Waals surface area contributed by atoms with Crippen molar-refractivity contribution in [1.82, 2.24) is 4.98 Å². The fourth-order valence-electron chi connectivity index (χ4n) is 2.19. The molecule has 1 heterocycles. The number of nitrogens with one attached hydrogen (secondary N) is 1. The number of aromatic nitrogens is 1. The quantitative estimate of drug-likeness (QED) is 0.523. The van der Waals surface area contributed by atoms with Gasteiger partial charge >= 0.3 is 5.97 Å². The molecule has 0 spiro atoms. The second-order valence-corrected chi connectivity index (χ2v) is 5.96. The van der Waals surface area contributed by atoms with Gasteiger partial charge in [-0.15, -0.1) is 0 Å². The highest BCUT2D eigenvalue weighted by Gasteiger charge is 2.17. The molecular weight excluding hydrogens is 375 g/mol. The number of esters is 1. The number of ether oxygens (including phenoxy) is 1. The minimum absolute atomic E-state index is 0.126. The van der Waals surface area contributed by atoms with Crippen molar-refractivity contribution in [2.75, 3.05) is 5.32 Å². The number of anilines is 1. The van der Waals surface area contributed by atoms with Gasteiger partial charge in [0.25, 0.3) is 5.91 Å². The molecule has 0 aliphatic carbocycles. The molecule has 138 valence electrons. The predicted molar refractivity (Wildman–Crippen MR) is 98.6 cm³/mol. The first kappa shape index (κ1) is 18.6. The number of rotatable bonds is 5. The van der Waals surface area contributed by atoms with E-state index in [-0.39, 0.29) is 16.6 Å². The molecule has 0 radical (unpaired) electrons. The van der Waals surface area contributed by atoms with E-state index in [1.807, 2.05) is 12.1 Å². The minimum atomic E-state index is -1.07. The van der Waals surface area contributed by atoms with Gasteiger partial charge < -0.3 is 14.5 Å². The van der Waals surface area contributed by atoms with E-state index in [2.05, 4.69) is 10.3 Å². The van der Waals surface area contributed by atoms with Gasteiger partial charge in [0.2, 0.25) is 5.89 Å². The molecule has 0 saturated carbocycles. The molecular formula is C19H14ClFN2O4. The molecule has 1 N–H and O–H groups in total. The molecule has 0 unspecified atom stereocenters. The Morgan fingerprint density at radius 3 is 2.81 bits per heavy atom. The minimum Gasteiger partial charge on any atom is -0.449 e. The van der Waals surface area contributed by atoms with E-state index >= 15 is 0 Å². The van der Waals surface area contributed by atoms with Gasteiger partial charge in [-0.1, -0.05) is 23.7 Å². The van der Waals surface area contributed by atoms with E-state index in [0.29, 0.717) is 11.1 Å². The number of benzene rings is 2. The molecule has 0 fully saturated rings. The van der Waals surface area contributed by atoms with Gasteiger partial charge in [-0.05, 0) is 37.3 Å². The van der Waals surface area contributed by atoms with Crippen LogP contribution in [0, 0.1) is 5.82 Å². The smallest absolute Gasteiger partial charge is 0.331 e. The normalized spacial score (nSPS) is 12.3. The van der Waals surface area contributed by atoms with Crippen LogP contribution in [0.2, 0.25) is 5.02 Å². The van der Waals surface area contributed by atoms with E-state index < -0.39 is 23.8 Å². The Bertz CT molecular complexity index is 998. The van der Waals surface area contributed by atoms with Crippen molar-refractivity contribution in [3.8, 4) is 0 Å². The number of halogens is 2. The number of oxazole rings is 1. The number of hydrogen-bond donors (Lipinski definition) is 1. The van der Waals surface area contributed by atoms with Gasteiger partial charge in [0.1, 0.15) is 11.3 Å². The van der Waals surface area contributed by atoms with E-state index in [9.17, 15) is 14.0 Å². The molecule has 3 rings (SSSR count). The Morgan fingerprint density at radius 2 is 2.07 bits per heavy atom. The van der Waals surface area contributed by atoms with Crippen molar-refractivity contribution >= 4 is 46.3 Å². The second kappa shape index (κ2) is 8.01. The zero-order valence-electron chi connectivity index (χ0n) is 14.1. The van der Waals surface area contributed by atoms with Crippen molar-refractivity contribution in [1.29, 1.82) is 0 Å². The van der Waals surface area contributed by atoms with E-state index in [1.165, 1.54) is 25.1 Å². The van der Waals surface area contributed by atoms with Crippen molar-refractivity contribution in [2.45, 2.75) is 13.0 Å². The first-order chi connectivity index (χ1) is 12.9. The largest absolute Gasteiger partial charge is 0.449 e. The Kier molecular flexibility index (Phi) is 5.52. The first-order valence-corrected chi connectivity index (χ1v) is 8.30. The number of para-hydroxylation sites is 2. The third-order valence-electron chi connectivity index (χ3n) is 3.52. The molecule has 1 aromatic heterocycles. The number of hydrogen-bond acceptors (Lipinski definition) is 5. The van der Waals surface area contributed by atoms with E-state index in [4.69, 9.17) is 20.8 Å². The van der Waals surface area contributed by atoms with Gasteiger partial charge in [0, 0.05) is 17.8 Å². The van der Waals surface area contributed by atoms with Crippen LogP contribution < -0.4 is 5.32 Å². The lowest BCUT2D eigenvalue weighted by molar-refractivity contribution is -0.148. The predicted octanol–water partition coefficient (Wildman–Crippen LogP) is 4.20. The number of carbonyl (C=O) groups excluding carboxylic acids is 2. The highest BCUT2D eigenvalue weighted by molar-refractivity contribution is 6.31. The van der Waals surface area contributed by atoms with Crippen molar-refractivity contribution in [3.05, 3.63) is 65.3 Å². The summed E-state index contributed by atoms with van der Waals surface area (Å²) in [6.45, 7) is 1.41. The molecule has 6 nitrogen and oxygen atoms in total. The lowest BCUT2D eigenvalue weighted by Gasteiger charge is -2.12. The van der Waals surface area contributed by atoms with Crippen molar-refractivity contribution in [2.24, 2.45) is 0 Å². The third-order valence-corrected chi connectivity index (χ3v) is 3.81. The number of amides is 1. The molecule has 0 aliphatic heterocycles. The topological polar surface area (TPSA) is 81.4 Å². The molecule has 2 aromatic carbocycles. The van der Waals surface area contributed by atoms with Crippen molar-refractivity contribution < 1.29 is 23.1 Å². The summed E-state index contributed by atoms with van der Waals surface area (Å²) in [6, 6.07) is 10.9. The summed E-state index contributed by atoms with van der Waals surface area (Å²) in [6.07, 6.45) is 1.39. The molecule has 8 heteroatoms. The summed E-state index contributed by atoms with van der Waals surface area (Å²) in [5, 5.41) is 2.36. The first-order valence-electron chi connectivity index (χ1n) is 7.92. The van der Waals surface area contributed by atoms with Crippen LogP contribution in [0.4, 0.5) is 10.1 Å². The SMILES string of the molecule is C[C@H](OC(=O)/C=C/c1nc2ccccc2o1)C(=O)Nc1ccc(F)c(Cl)c1. The van der Waals surface area contributed by atoms with Crippen LogP contribution in [0.5, 0.6) is 0 Å². The average molecular weight is 389 g/mol. The van der Waals surface area contributed by atoms with E-state index in [1.54, 1.807) is 12.1 Å². The van der Waals surface area contributed by atoms with Gasteiger partial charge in [-0.25, -0.2) is 14.2 Å². The highest BCUT2D eigenvalue weighted by atomic mass is 35.5. The number of nitrogens with zero attached hydrogens (tertiary/aromatic N) is 1. The summed E-state index contributed by atoms with van der Waals surface area (Å²) in [5.74, 6) is -1.68. The fourth-order valence-corrected chi connectivity index (χ4v) is 2.37. The molecule has 0 bridgehead atoms. The van der Waals surface area contributed by atoms with Crippen LogP contribution >= 0.6 is 11.6 Å². The van der Waals surface area contributed by atoms with Gasteiger partial charge in [0.15, 0.2) is 11.7 Å². The summed E-state index contributed by atoms with van der Waals surface area (Å²) < 4.78 is 23.6. The maximum atomic E-state index is 13.1. The Morgan fingerprint density at radius 1 is 1.30 bits per heavy atom. The number of fused-ring (bicyclic) bond motifs is 1. The van der Waals surface area contributed by atoms with E-state index in [0.717, 1.165) is 12.1 Å². The van der Waals surface area contributed by atoms with Crippen LogP contribution in [-0.2, 0) is 14.3 Å². The summed E-state index contributed by atoms with van der Waals surface area (Å²) >= 11 is 5.65. The van der Waals surface area contributed by atoms with Gasteiger partial charge in [-0.3, -0.25) is 4.79 Å². The Hall–Kier alpha value is -3.19. The summed E-state index contributed by atoms with van der Waals surface area (Å²) in [5.41, 5.74) is 1.55. The fraction of sp³-hybridized carbons (Fsp3) is 0.105. The lowest BCUT2D eigenvalue weighted by atomic mass is 10.3. The van der Waals surface area contributed by atoms with Crippen LogP contribution in [0.25, 0.3) is 17.2 Å². The van der Waals surface area contributed by atoms with Crippen LogP contribution in [0.3, 0.4) is 0 Å². The Labute approximate surface area is 158 Å². The zero-order chi connectivity index (χ0) is 19.4. The molecule has 3 aromatic rings. The molecule has 0 aliphatic rings. The standard InChI is InChI=1S/C19H14ClFN2O4/c1-11(19(25)22-12-6-7-14(21)13(20)10-12)26-18(24)9-8-17-23-15-4-2-3-5-16(15)27-17/h2-11H,1H3,(H,22,25)/b9-8+/t11-/m0/s1. The number of carbonyl (C=O) groups is 2. The maximum Gasteiger partial charge on any atom is 0.331 e. The zero-order valence-corrected chi connectivity index (χ0v) is 14.9. The van der Waals surface area contributed by atoms with Crippen molar-refractivity contribution in [3.63, 3.8) is 0 Å². The summed E-state index contributed by atoms with van der Waals surface area (Å²) in [7, 11) is 0.